The molecule has 1 saturated heterocycles. The minimum absolute atomic E-state index is 0.0490. The molecular weight excluding hydrogens is 268 g/mol. The second-order valence-electron chi connectivity index (χ2n) is 6.75. The molecule has 5 heteroatoms. The van der Waals surface area contributed by atoms with Crippen LogP contribution in [0.1, 0.15) is 40.0 Å². The predicted octanol–water partition coefficient (Wildman–Crippen LogP) is 1.67. The van der Waals surface area contributed by atoms with E-state index >= 15 is 0 Å². The summed E-state index contributed by atoms with van der Waals surface area (Å²) in [5.74, 6) is -0.132. The first-order valence-electron chi connectivity index (χ1n) is 8.07. The van der Waals surface area contributed by atoms with Crippen LogP contribution in [0.4, 0.5) is 0 Å². The highest BCUT2D eigenvalue weighted by Crippen LogP contribution is 2.18. The minimum Gasteiger partial charge on any atom is -0.460 e. The van der Waals surface area contributed by atoms with E-state index in [-0.39, 0.29) is 11.9 Å². The van der Waals surface area contributed by atoms with E-state index in [0.717, 1.165) is 52.0 Å². The molecule has 1 N–H and O–H groups in total. The molecular formula is C16H32N2O3. The zero-order valence-electron chi connectivity index (χ0n) is 14.1. The van der Waals surface area contributed by atoms with Crippen molar-refractivity contribution >= 4 is 5.97 Å². The second-order valence-corrected chi connectivity index (χ2v) is 6.75. The predicted molar refractivity (Wildman–Crippen MR) is 84.4 cm³/mol. The molecule has 1 heterocycles. The summed E-state index contributed by atoms with van der Waals surface area (Å²) in [5.41, 5.74) is -0.416. The molecule has 5 nitrogen and oxygen atoms in total. The summed E-state index contributed by atoms with van der Waals surface area (Å²) in [6.07, 6.45) is 2.66. The van der Waals surface area contributed by atoms with Gasteiger partial charge in [-0.3, -0.25) is 4.79 Å². The average Bonchev–Trinajstić information content (AvgIpc) is 2.41. The Kier molecular flexibility index (Phi) is 8.22. The molecule has 0 aromatic carbocycles. The van der Waals surface area contributed by atoms with Crippen LogP contribution in [-0.4, -0.2) is 62.9 Å². The molecule has 1 aliphatic rings. The van der Waals surface area contributed by atoms with Gasteiger partial charge in [-0.1, -0.05) is 0 Å². The SMILES string of the molecule is COCCC(CCCN1CCNCC1)C(=O)OC(C)(C)C. The van der Waals surface area contributed by atoms with Gasteiger partial charge in [-0.2, -0.15) is 0 Å². The Morgan fingerprint density at radius 3 is 2.48 bits per heavy atom. The van der Waals surface area contributed by atoms with Gasteiger partial charge in [0.25, 0.3) is 0 Å². The Labute approximate surface area is 129 Å². The van der Waals surface area contributed by atoms with E-state index in [1.807, 2.05) is 20.8 Å². The molecule has 1 rings (SSSR count). The van der Waals surface area contributed by atoms with Crippen molar-refractivity contribution in [1.29, 1.82) is 0 Å². The molecule has 0 aliphatic carbocycles. The molecule has 0 amide bonds. The molecule has 1 unspecified atom stereocenters. The van der Waals surface area contributed by atoms with Crippen molar-refractivity contribution in [3.05, 3.63) is 0 Å². The molecule has 1 aliphatic heterocycles. The van der Waals surface area contributed by atoms with Gasteiger partial charge in [0, 0.05) is 39.9 Å². The summed E-state index contributed by atoms with van der Waals surface area (Å²) < 4.78 is 10.6. The zero-order valence-corrected chi connectivity index (χ0v) is 14.1. The summed E-state index contributed by atoms with van der Waals surface area (Å²) >= 11 is 0. The summed E-state index contributed by atoms with van der Waals surface area (Å²) in [6, 6.07) is 0. The largest absolute Gasteiger partial charge is 0.460 e. The summed E-state index contributed by atoms with van der Waals surface area (Å²) in [6.45, 7) is 11.8. The number of piperazine rings is 1. The van der Waals surface area contributed by atoms with Crippen molar-refractivity contribution in [2.75, 3.05) is 46.4 Å². The lowest BCUT2D eigenvalue weighted by Crippen LogP contribution is -2.43. The molecule has 0 spiro atoms. The topological polar surface area (TPSA) is 50.8 Å². The van der Waals surface area contributed by atoms with Crippen LogP contribution in [0.3, 0.4) is 0 Å². The molecule has 0 radical (unpaired) electrons. The maximum Gasteiger partial charge on any atom is 0.309 e. The molecule has 1 fully saturated rings. The monoisotopic (exact) mass is 300 g/mol. The Hall–Kier alpha value is -0.650. The quantitative estimate of drug-likeness (QED) is 0.691. The van der Waals surface area contributed by atoms with Gasteiger partial charge < -0.3 is 19.7 Å². The van der Waals surface area contributed by atoms with E-state index < -0.39 is 5.60 Å². The third-order valence-corrected chi connectivity index (χ3v) is 3.65. The molecule has 124 valence electrons. The number of ether oxygens (including phenoxy) is 2. The van der Waals surface area contributed by atoms with Gasteiger partial charge in [-0.15, -0.1) is 0 Å². The Balaban J connectivity index is 2.35. The summed E-state index contributed by atoms with van der Waals surface area (Å²) in [4.78, 5) is 14.7. The van der Waals surface area contributed by atoms with E-state index in [0.29, 0.717) is 6.61 Å². The van der Waals surface area contributed by atoms with Crippen LogP contribution in [-0.2, 0) is 14.3 Å². The van der Waals surface area contributed by atoms with Crippen molar-refractivity contribution < 1.29 is 14.3 Å². The number of rotatable bonds is 8. The van der Waals surface area contributed by atoms with Crippen LogP contribution in [0.5, 0.6) is 0 Å². The number of hydrogen-bond acceptors (Lipinski definition) is 5. The first-order valence-corrected chi connectivity index (χ1v) is 8.07. The molecule has 0 aromatic heterocycles. The second kappa shape index (κ2) is 9.38. The number of carbonyl (C=O) groups is 1. The van der Waals surface area contributed by atoms with E-state index in [4.69, 9.17) is 9.47 Å². The fourth-order valence-corrected chi connectivity index (χ4v) is 2.52. The van der Waals surface area contributed by atoms with Crippen molar-refractivity contribution in [1.82, 2.24) is 10.2 Å². The van der Waals surface area contributed by atoms with Crippen LogP contribution >= 0.6 is 0 Å². The number of hydrogen-bond donors (Lipinski definition) is 1. The number of nitrogens with zero attached hydrogens (tertiary/aromatic N) is 1. The van der Waals surface area contributed by atoms with E-state index in [9.17, 15) is 4.79 Å². The zero-order chi connectivity index (χ0) is 15.7. The van der Waals surface area contributed by atoms with Crippen LogP contribution in [0.25, 0.3) is 0 Å². The summed E-state index contributed by atoms with van der Waals surface area (Å²) in [7, 11) is 1.67. The van der Waals surface area contributed by atoms with E-state index in [1.54, 1.807) is 7.11 Å². The van der Waals surface area contributed by atoms with Crippen molar-refractivity contribution in [2.45, 2.75) is 45.6 Å². The highest BCUT2D eigenvalue weighted by Gasteiger charge is 2.25. The molecule has 21 heavy (non-hydrogen) atoms. The molecule has 0 saturated carbocycles. The Morgan fingerprint density at radius 1 is 1.24 bits per heavy atom. The van der Waals surface area contributed by atoms with Crippen LogP contribution < -0.4 is 5.32 Å². The average molecular weight is 300 g/mol. The van der Waals surface area contributed by atoms with Gasteiger partial charge in [0.05, 0.1) is 5.92 Å². The van der Waals surface area contributed by atoms with Gasteiger partial charge in [0.15, 0.2) is 0 Å². The maximum absolute atomic E-state index is 12.2. The standard InChI is InChI=1S/C16H32N2O3/c1-16(2,3)21-15(19)14(7-13-20-4)6-5-10-18-11-8-17-9-12-18/h14,17H,5-13H2,1-4H3. The van der Waals surface area contributed by atoms with Crippen molar-refractivity contribution in [3.8, 4) is 0 Å². The minimum atomic E-state index is -0.416. The summed E-state index contributed by atoms with van der Waals surface area (Å²) in [5, 5.41) is 3.35. The molecule has 0 aromatic rings. The Morgan fingerprint density at radius 2 is 1.90 bits per heavy atom. The van der Waals surface area contributed by atoms with Gasteiger partial charge in [0.2, 0.25) is 0 Å². The van der Waals surface area contributed by atoms with Crippen LogP contribution in [0.15, 0.2) is 0 Å². The van der Waals surface area contributed by atoms with Crippen molar-refractivity contribution in [3.63, 3.8) is 0 Å². The third kappa shape index (κ3) is 8.39. The first kappa shape index (κ1) is 18.4. The molecule has 0 bridgehead atoms. The number of nitrogens with one attached hydrogen (secondary N) is 1. The van der Waals surface area contributed by atoms with Gasteiger partial charge in [0.1, 0.15) is 5.60 Å². The lowest BCUT2D eigenvalue weighted by Gasteiger charge is -2.28. The normalized spacial score (nSPS) is 18.5. The smallest absolute Gasteiger partial charge is 0.309 e. The lowest BCUT2D eigenvalue weighted by molar-refractivity contribution is -0.161. The highest BCUT2D eigenvalue weighted by molar-refractivity contribution is 5.72. The highest BCUT2D eigenvalue weighted by atomic mass is 16.6. The fraction of sp³-hybridized carbons (Fsp3) is 0.938. The third-order valence-electron chi connectivity index (χ3n) is 3.65. The van der Waals surface area contributed by atoms with Gasteiger partial charge in [-0.05, 0) is 46.6 Å². The Bertz CT molecular complexity index is 296. The fourth-order valence-electron chi connectivity index (χ4n) is 2.52. The first-order chi connectivity index (χ1) is 9.92. The number of carbonyl (C=O) groups excluding carboxylic acids is 1. The number of methoxy groups -OCH3 is 1. The maximum atomic E-state index is 12.2. The lowest BCUT2D eigenvalue weighted by atomic mass is 9.99. The molecule has 1 atom stereocenters. The number of esters is 1. The van der Waals surface area contributed by atoms with Crippen molar-refractivity contribution in [2.24, 2.45) is 5.92 Å². The van der Waals surface area contributed by atoms with Gasteiger partial charge >= 0.3 is 5.97 Å². The van der Waals surface area contributed by atoms with Crippen LogP contribution in [0.2, 0.25) is 0 Å². The van der Waals surface area contributed by atoms with Gasteiger partial charge in [-0.25, -0.2) is 0 Å². The van der Waals surface area contributed by atoms with E-state index in [2.05, 4.69) is 10.2 Å². The van der Waals surface area contributed by atoms with E-state index in [1.165, 1.54) is 0 Å². The van der Waals surface area contributed by atoms with Crippen LogP contribution in [0, 0.1) is 5.92 Å².